The lowest BCUT2D eigenvalue weighted by Crippen LogP contribution is -2.50. The maximum Gasteiger partial charge on any atom is 0.311 e. The van der Waals surface area contributed by atoms with E-state index in [9.17, 15) is 4.79 Å². The Morgan fingerprint density at radius 1 is 0.750 bits per heavy atom. The molecule has 28 heavy (non-hydrogen) atoms. The van der Waals surface area contributed by atoms with Gasteiger partial charge in [-0.15, -0.1) is 0 Å². The standard InChI is InChI=1S/C25H36O3/c1-12(27-24-18-5-13-4-14(7-18)8-19(24)6-13)28-25(26)21-11-17-10-20(21)23-16-3-2-15(9-16)22(17)23/h12-24H,2-11H2,1H3. The second-order valence-electron chi connectivity index (χ2n) is 12.0. The molecule has 3 heteroatoms. The summed E-state index contributed by atoms with van der Waals surface area (Å²) in [5.41, 5.74) is 0. The van der Waals surface area contributed by atoms with Crippen LogP contribution in [0.15, 0.2) is 0 Å². The van der Waals surface area contributed by atoms with Gasteiger partial charge in [0.15, 0.2) is 6.29 Å². The fraction of sp³-hybridized carbons (Fsp3) is 0.960. The van der Waals surface area contributed by atoms with Crippen molar-refractivity contribution < 1.29 is 14.3 Å². The zero-order valence-electron chi connectivity index (χ0n) is 17.3. The smallest absolute Gasteiger partial charge is 0.311 e. The van der Waals surface area contributed by atoms with Gasteiger partial charge in [-0.3, -0.25) is 4.79 Å². The fourth-order valence-corrected chi connectivity index (χ4v) is 10.4. The molecule has 0 aliphatic heterocycles. The third kappa shape index (κ3) is 2.35. The van der Waals surface area contributed by atoms with Crippen molar-refractivity contribution in [3.63, 3.8) is 0 Å². The Morgan fingerprint density at radius 2 is 1.43 bits per heavy atom. The SMILES string of the molecule is CC(OC(=O)C1CC2CC1C1C3CCC(C3)C21)OC1C2CC3CC(C2)CC1C3. The van der Waals surface area contributed by atoms with E-state index in [0.717, 1.165) is 59.7 Å². The highest BCUT2D eigenvalue weighted by molar-refractivity contribution is 5.73. The highest BCUT2D eigenvalue weighted by Gasteiger charge is 2.63. The van der Waals surface area contributed by atoms with Crippen LogP contribution in [0.1, 0.15) is 71.1 Å². The summed E-state index contributed by atoms with van der Waals surface area (Å²) < 4.78 is 12.4. The van der Waals surface area contributed by atoms with E-state index >= 15 is 0 Å². The monoisotopic (exact) mass is 384 g/mol. The predicted octanol–water partition coefficient (Wildman–Crippen LogP) is 5.04. The molecule has 3 nitrogen and oxygen atoms in total. The van der Waals surface area contributed by atoms with Crippen LogP contribution in [0.5, 0.6) is 0 Å². The summed E-state index contributed by atoms with van der Waals surface area (Å²) in [7, 11) is 0. The highest BCUT2D eigenvalue weighted by atomic mass is 16.7. The second kappa shape index (κ2) is 5.99. The average molecular weight is 385 g/mol. The van der Waals surface area contributed by atoms with Gasteiger partial charge in [0.25, 0.3) is 0 Å². The molecule has 0 amide bonds. The van der Waals surface area contributed by atoms with Gasteiger partial charge in [0.05, 0.1) is 12.0 Å². The van der Waals surface area contributed by atoms with Crippen LogP contribution in [0.3, 0.4) is 0 Å². The zero-order chi connectivity index (χ0) is 18.6. The van der Waals surface area contributed by atoms with Gasteiger partial charge in [-0.05, 0) is 130 Å². The maximum absolute atomic E-state index is 13.1. The number of carbonyl (C=O) groups is 1. The van der Waals surface area contributed by atoms with Gasteiger partial charge >= 0.3 is 5.97 Å². The van der Waals surface area contributed by atoms with Crippen molar-refractivity contribution in [1.29, 1.82) is 0 Å². The summed E-state index contributed by atoms with van der Waals surface area (Å²) in [6, 6.07) is 0. The first-order chi connectivity index (χ1) is 13.6. The van der Waals surface area contributed by atoms with E-state index in [0.29, 0.717) is 12.0 Å². The van der Waals surface area contributed by atoms with Gasteiger partial charge in [0.2, 0.25) is 0 Å². The Labute approximate surface area is 169 Å². The molecule has 8 unspecified atom stereocenters. The third-order valence-corrected chi connectivity index (χ3v) is 10.8. The largest absolute Gasteiger partial charge is 0.436 e. The molecule has 8 atom stereocenters. The minimum Gasteiger partial charge on any atom is -0.436 e. The summed E-state index contributed by atoms with van der Waals surface area (Å²) in [5.74, 6) is 8.85. The van der Waals surface area contributed by atoms with Gasteiger partial charge in [-0.1, -0.05) is 0 Å². The Bertz CT molecular complexity index is 645. The van der Waals surface area contributed by atoms with Crippen LogP contribution in [0.4, 0.5) is 0 Å². The Balaban J connectivity index is 0.995. The van der Waals surface area contributed by atoms with E-state index < -0.39 is 0 Å². The van der Waals surface area contributed by atoms with Crippen molar-refractivity contribution >= 4 is 5.97 Å². The number of esters is 1. The van der Waals surface area contributed by atoms with E-state index in [1.807, 2.05) is 6.92 Å². The predicted molar refractivity (Wildman–Crippen MR) is 105 cm³/mol. The molecule has 0 heterocycles. The van der Waals surface area contributed by atoms with Crippen LogP contribution in [0.25, 0.3) is 0 Å². The van der Waals surface area contributed by atoms with E-state index in [-0.39, 0.29) is 18.2 Å². The Morgan fingerprint density at radius 3 is 2.14 bits per heavy atom. The highest BCUT2D eigenvalue weighted by Crippen LogP contribution is 2.69. The third-order valence-electron chi connectivity index (χ3n) is 10.8. The molecule has 154 valence electrons. The number of rotatable bonds is 4. The molecular formula is C25H36O3. The normalized spacial score (nSPS) is 58.3. The maximum atomic E-state index is 13.1. The topological polar surface area (TPSA) is 35.5 Å². The van der Waals surface area contributed by atoms with Crippen LogP contribution in [0, 0.1) is 65.1 Å². The first-order valence-corrected chi connectivity index (χ1v) is 12.5. The molecule has 8 fully saturated rings. The molecule has 0 spiro atoms. The van der Waals surface area contributed by atoms with Crippen LogP contribution in [-0.2, 0) is 14.3 Å². The molecule has 8 bridgehead atoms. The van der Waals surface area contributed by atoms with Gasteiger partial charge in [-0.2, -0.15) is 0 Å². The molecule has 0 radical (unpaired) electrons. The van der Waals surface area contributed by atoms with Gasteiger partial charge in [0.1, 0.15) is 0 Å². The van der Waals surface area contributed by atoms with Crippen molar-refractivity contribution in [3.05, 3.63) is 0 Å². The fourth-order valence-electron chi connectivity index (χ4n) is 10.4. The Hall–Kier alpha value is -0.570. The van der Waals surface area contributed by atoms with Gasteiger partial charge in [0, 0.05) is 0 Å². The molecule has 0 aromatic heterocycles. The average Bonchev–Trinajstić information content (AvgIpc) is 3.43. The van der Waals surface area contributed by atoms with Crippen molar-refractivity contribution in [2.75, 3.05) is 0 Å². The molecular weight excluding hydrogens is 348 g/mol. The molecule has 8 aliphatic rings. The minimum absolute atomic E-state index is 0.0741. The molecule has 0 aromatic carbocycles. The van der Waals surface area contributed by atoms with E-state index in [1.54, 1.807) is 0 Å². The van der Waals surface area contributed by atoms with E-state index in [1.165, 1.54) is 57.8 Å². The van der Waals surface area contributed by atoms with Crippen LogP contribution >= 0.6 is 0 Å². The number of fused-ring (bicyclic) bond motifs is 9. The summed E-state index contributed by atoms with van der Waals surface area (Å²) >= 11 is 0. The number of hydrogen-bond donors (Lipinski definition) is 0. The van der Waals surface area contributed by atoms with Crippen molar-refractivity contribution in [2.45, 2.75) is 83.5 Å². The Kier molecular flexibility index (Phi) is 3.67. The summed E-state index contributed by atoms with van der Waals surface area (Å²) in [6.07, 6.45) is 13.7. The lowest BCUT2D eigenvalue weighted by Gasteiger charge is -2.54. The molecule has 8 saturated carbocycles. The molecule has 0 N–H and O–H groups in total. The first-order valence-electron chi connectivity index (χ1n) is 12.5. The second-order valence-corrected chi connectivity index (χ2v) is 12.0. The first kappa shape index (κ1) is 17.1. The van der Waals surface area contributed by atoms with Gasteiger partial charge < -0.3 is 9.47 Å². The quantitative estimate of drug-likeness (QED) is 0.387. The molecule has 8 rings (SSSR count). The summed E-state index contributed by atoms with van der Waals surface area (Å²) in [4.78, 5) is 13.1. The lowest BCUT2D eigenvalue weighted by molar-refractivity contribution is -0.223. The van der Waals surface area contributed by atoms with Crippen LogP contribution < -0.4 is 0 Å². The number of hydrogen-bond acceptors (Lipinski definition) is 3. The van der Waals surface area contributed by atoms with E-state index in [2.05, 4.69) is 0 Å². The molecule has 8 aliphatic carbocycles. The van der Waals surface area contributed by atoms with Gasteiger partial charge in [-0.25, -0.2) is 0 Å². The molecule has 0 aromatic rings. The van der Waals surface area contributed by atoms with Crippen molar-refractivity contribution in [1.82, 2.24) is 0 Å². The minimum atomic E-state index is -0.357. The molecule has 0 saturated heterocycles. The van der Waals surface area contributed by atoms with E-state index in [4.69, 9.17) is 9.47 Å². The summed E-state index contributed by atoms with van der Waals surface area (Å²) in [6.45, 7) is 1.98. The summed E-state index contributed by atoms with van der Waals surface area (Å²) in [5, 5.41) is 0. The zero-order valence-corrected chi connectivity index (χ0v) is 17.3. The van der Waals surface area contributed by atoms with Crippen LogP contribution in [0.2, 0.25) is 0 Å². The van der Waals surface area contributed by atoms with Crippen molar-refractivity contribution in [3.8, 4) is 0 Å². The number of carbonyl (C=O) groups excluding carboxylic acids is 1. The lowest BCUT2D eigenvalue weighted by atomic mass is 9.55. The van der Waals surface area contributed by atoms with Crippen molar-refractivity contribution in [2.24, 2.45) is 65.1 Å². The van der Waals surface area contributed by atoms with Crippen LogP contribution in [-0.4, -0.2) is 18.4 Å². The number of ether oxygens (including phenoxy) is 2.